The number of carbonyl (C=O) groups excluding carboxylic acids is 2. The predicted octanol–water partition coefficient (Wildman–Crippen LogP) is 3.97. The van der Waals surface area contributed by atoms with Crippen molar-refractivity contribution in [3.8, 4) is 11.5 Å². The van der Waals surface area contributed by atoms with E-state index in [1.54, 1.807) is 24.3 Å². The Balaban J connectivity index is 1.67. The number of hydrogen-bond acceptors (Lipinski definition) is 5. The molecule has 7 nitrogen and oxygen atoms in total. The minimum absolute atomic E-state index is 0.00750. The highest BCUT2D eigenvalue weighted by atomic mass is 16.4. The van der Waals surface area contributed by atoms with Crippen LogP contribution in [0.5, 0.6) is 0 Å². The molecule has 7 heteroatoms. The second-order valence-corrected chi connectivity index (χ2v) is 6.46. The SMILES string of the molecule is CC(C)CC(=O)Nc1cccc(C(=O)Nc2nnc(-c3ccccc3)o2)c1. The predicted molar refractivity (Wildman–Crippen MR) is 102 cm³/mol. The highest BCUT2D eigenvalue weighted by Gasteiger charge is 2.13. The average molecular weight is 364 g/mol. The Morgan fingerprint density at radius 2 is 1.78 bits per heavy atom. The van der Waals surface area contributed by atoms with Crippen LogP contribution in [0.2, 0.25) is 0 Å². The summed E-state index contributed by atoms with van der Waals surface area (Å²) in [4.78, 5) is 24.3. The molecule has 1 aromatic heterocycles. The van der Waals surface area contributed by atoms with Crippen LogP contribution in [0.4, 0.5) is 11.7 Å². The molecular weight excluding hydrogens is 344 g/mol. The third-order valence-corrected chi connectivity index (χ3v) is 3.67. The second-order valence-electron chi connectivity index (χ2n) is 6.46. The zero-order chi connectivity index (χ0) is 19.2. The molecule has 0 aliphatic rings. The summed E-state index contributed by atoms with van der Waals surface area (Å²) in [6, 6.07) is 15.9. The normalized spacial score (nSPS) is 10.6. The summed E-state index contributed by atoms with van der Waals surface area (Å²) in [5, 5.41) is 13.1. The van der Waals surface area contributed by atoms with Gasteiger partial charge in [-0.05, 0) is 36.2 Å². The van der Waals surface area contributed by atoms with Gasteiger partial charge in [-0.15, -0.1) is 5.10 Å². The first-order valence-electron chi connectivity index (χ1n) is 8.61. The number of carbonyl (C=O) groups is 2. The number of hydrogen-bond donors (Lipinski definition) is 2. The molecule has 0 radical (unpaired) electrons. The van der Waals surface area contributed by atoms with Crippen LogP contribution < -0.4 is 10.6 Å². The molecule has 2 N–H and O–H groups in total. The van der Waals surface area contributed by atoms with E-state index in [2.05, 4.69) is 20.8 Å². The van der Waals surface area contributed by atoms with Crippen LogP contribution in [0.15, 0.2) is 59.0 Å². The van der Waals surface area contributed by atoms with Crippen molar-refractivity contribution < 1.29 is 14.0 Å². The van der Waals surface area contributed by atoms with Gasteiger partial charge in [0.25, 0.3) is 5.91 Å². The molecule has 1 heterocycles. The smallest absolute Gasteiger partial charge is 0.322 e. The first-order chi connectivity index (χ1) is 13.0. The quantitative estimate of drug-likeness (QED) is 0.690. The Morgan fingerprint density at radius 1 is 1.00 bits per heavy atom. The molecule has 0 saturated carbocycles. The lowest BCUT2D eigenvalue weighted by molar-refractivity contribution is -0.116. The number of amides is 2. The van der Waals surface area contributed by atoms with Gasteiger partial charge >= 0.3 is 6.01 Å². The van der Waals surface area contributed by atoms with E-state index < -0.39 is 5.91 Å². The summed E-state index contributed by atoms with van der Waals surface area (Å²) in [7, 11) is 0. The molecule has 0 spiro atoms. The summed E-state index contributed by atoms with van der Waals surface area (Å²) in [5.41, 5.74) is 1.70. The lowest BCUT2D eigenvalue weighted by atomic mass is 10.1. The van der Waals surface area contributed by atoms with Crippen molar-refractivity contribution in [3.05, 3.63) is 60.2 Å². The molecule has 0 bridgehead atoms. The van der Waals surface area contributed by atoms with Gasteiger partial charge in [0.2, 0.25) is 11.8 Å². The Bertz CT molecular complexity index is 935. The number of nitrogens with zero attached hydrogens (tertiary/aromatic N) is 2. The molecule has 3 rings (SSSR count). The van der Waals surface area contributed by atoms with Gasteiger partial charge in [-0.25, -0.2) is 0 Å². The van der Waals surface area contributed by atoms with Gasteiger partial charge in [0.05, 0.1) is 0 Å². The van der Waals surface area contributed by atoms with E-state index in [0.717, 1.165) is 5.56 Å². The molecule has 0 atom stereocenters. The maximum absolute atomic E-state index is 12.4. The summed E-state index contributed by atoms with van der Waals surface area (Å²) >= 11 is 0. The van der Waals surface area contributed by atoms with Crippen molar-refractivity contribution in [1.82, 2.24) is 10.2 Å². The van der Waals surface area contributed by atoms with E-state index in [0.29, 0.717) is 23.6 Å². The van der Waals surface area contributed by atoms with E-state index in [-0.39, 0.29) is 17.8 Å². The number of benzene rings is 2. The van der Waals surface area contributed by atoms with Gasteiger partial charge in [0.15, 0.2) is 0 Å². The van der Waals surface area contributed by atoms with Crippen molar-refractivity contribution in [2.75, 3.05) is 10.6 Å². The van der Waals surface area contributed by atoms with E-state index in [9.17, 15) is 9.59 Å². The van der Waals surface area contributed by atoms with Gasteiger partial charge in [-0.1, -0.05) is 43.2 Å². The van der Waals surface area contributed by atoms with E-state index in [1.165, 1.54) is 0 Å². The molecule has 0 aliphatic carbocycles. The highest BCUT2D eigenvalue weighted by molar-refractivity contribution is 6.04. The molecule has 0 unspecified atom stereocenters. The molecule has 0 aliphatic heterocycles. The monoisotopic (exact) mass is 364 g/mol. The molecule has 138 valence electrons. The largest absolute Gasteiger partial charge is 0.403 e. The van der Waals surface area contributed by atoms with E-state index in [4.69, 9.17) is 4.42 Å². The van der Waals surface area contributed by atoms with Gasteiger partial charge in [-0.2, -0.15) is 0 Å². The second kappa shape index (κ2) is 8.27. The van der Waals surface area contributed by atoms with Gasteiger partial charge < -0.3 is 9.73 Å². The molecule has 0 saturated heterocycles. The molecule has 2 amide bonds. The Labute approximate surface area is 156 Å². The van der Waals surface area contributed by atoms with Crippen LogP contribution >= 0.6 is 0 Å². The summed E-state index contributed by atoms with van der Waals surface area (Å²) in [5.74, 6) is 0.0820. The lowest BCUT2D eigenvalue weighted by Crippen LogP contribution is -2.15. The third kappa shape index (κ3) is 5.01. The first kappa shape index (κ1) is 18.3. The molecule has 3 aromatic rings. The van der Waals surface area contributed by atoms with Crippen LogP contribution in [0.3, 0.4) is 0 Å². The summed E-state index contributed by atoms with van der Waals surface area (Å²) in [6.45, 7) is 3.94. The third-order valence-electron chi connectivity index (χ3n) is 3.67. The van der Waals surface area contributed by atoms with Crippen molar-refractivity contribution >= 4 is 23.5 Å². The van der Waals surface area contributed by atoms with Crippen LogP contribution in [-0.2, 0) is 4.79 Å². The first-order valence-corrected chi connectivity index (χ1v) is 8.61. The summed E-state index contributed by atoms with van der Waals surface area (Å²) in [6.07, 6.45) is 0.417. The zero-order valence-corrected chi connectivity index (χ0v) is 15.1. The standard InChI is InChI=1S/C20H20N4O3/c1-13(2)11-17(25)21-16-10-6-9-15(12-16)18(26)22-20-24-23-19(27-20)14-7-4-3-5-8-14/h3-10,12-13H,11H2,1-2H3,(H,21,25)(H,22,24,26). The number of aromatic nitrogens is 2. The lowest BCUT2D eigenvalue weighted by Gasteiger charge is -2.08. The maximum Gasteiger partial charge on any atom is 0.322 e. The number of anilines is 2. The Hall–Kier alpha value is -3.48. The van der Waals surface area contributed by atoms with Crippen molar-refractivity contribution in [3.63, 3.8) is 0 Å². The Kier molecular flexibility index (Phi) is 5.61. The van der Waals surface area contributed by atoms with E-state index in [1.807, 2.05) is 44.2 Å². The van der Waals surface area contributed by atoms with Gasteiger partial charge in [-0.3, -0.25) is 14.9 Å². The average Bonchev–Trinajstić information content (AvgIpc) is 3.10. The van der Waals surface area contributed by atoms with Crippen LogP contribution in [0.25, 0.3) is 11.5 Å². The molecule has 2 aromatic carbocycles. The van der Waals surface area contributed by atoms with Crippen molar-refractivity contribution in [2.45, 2.75) is 20.3 Å². The van der Waals surface area contributed by atoms with Gasteiger partial charge in [0, 0.05) is 23.2 Å². The van der Waals surface area contributed by atoms with Crippen molar-refractivity contribution in [1.29, 1.82) is 0 Å². The fourth-order valence-corrected chi connectivity index (χ4v) is 2.46. The van der Waals surface area contributed by atoms with E-state index >= 15 is 0 Å². The zero-order valence-electron chi connectivity index (χ0n) is 15.1. The van der Waals surface area contributed by atoms with Crippen LogP contribution in [-0.4, -0.2) is 22.0 Å². The fraction of sp³-hybridized carbons (Fsp3) is 0.200. The molecule has 27 heavy (non-hydrogen) atoms. The minimum Gasteiger partial charge on any atom is -0.403 e. The van der Waals surface area contributed by atoms with Gasteiger partial charge in [0.1, 0.15) is 0 Å². The summed E-state index contributed by atoms with van der Waals surface area (Å²) < 4.78 is 5.48. The van der Waals surface area contributed by atoms with Crippen LogP contribution in [0, 0.1) is 5.92 Å². The Morgan fingerprint density at radius 3 is 2.52 bits per heavy atom. The maximum atomic E-state index is 12.4. The van der Waals surface area contributed by atoms with Crippen molar-refractivity contribution in [2.24, 2.45) is 5.92 Å². The molecular formula is C20H20N4O3. The topological polar surface area (TPSA) is 97.1 Å². The number of rotatable bonds is 6. The minimum atomic E-state index is -0.404. The molecule has 0 fully saturated rings. The number of nitrogens with one attached hydrogen (secondary N) is 2. The highest BCUT2D eigenvalue weighted by Crippen LogP contribution is 2.20. The van der Waals surface area contributed by atoms with Crippen LogP contribution in [0.1, 0.15) is 30.6 Å². The fourth-order valence-electron chi connectivity index (χ4n) is 2.46.